The zero-order valence-corrected chi connectivity index (χ0v) is 12.9. The molecule has 2 unspecified atom stereocenters. The van der Waals surface area contributed by atoms with Crippen molar-refractivity contribution in [1.82, 2.24) is 15.1 Å². The van der Waals surface area contributed by atoms with Gasteiger partial charge in [-0.05, 0) is 50.2 Å². The number of amides is 1. The van der Waals surface area contributed by atoms with Crippen molar-refractivity contribution in [1.29, 1.82) is 0 Å². The van der Waals surface area contributed by atoms with Gasteiger partial charge in [-0.25, -0.2) is 0 Å². The summed E-state index contributed by atoms with van der Waals surface area (Å²) >= 11 is 1.67. The SMILES string of the molecule is CC1NC(c2ccsc2)N(CCN(C)C(C)C)C1=O. The van der Waals surface area contributed by atoms with Crippen molar-refractivity contribution >= 4 is 17.2 Å². The Kier molecular flexibility index (Phi) is 4.60. The predicted octanol–water partition coefficient (Wildman–Crippen LogP) is 1.91. The molecule has 2 heterocycles. The number of nitrogens with one attached hydrogen (secondary N) is 1. The second-order valence-corrected chi connectivity index (χ2v) is 6.23. The first-order valence-corrected chi connectivity index (χ1v) is 7.74. The minimum atomic E-state index is -0.0887. The fourth-order valence-corrected chi connectivity index (χ4v) is 2.92. The van der Waals surface area contributed by atoms with Crippen LogP contribution in [0.25, 0.3) is 0 Å². The van der Waals surface area contributed by atoms with Crippen LogP contribution in [0.5, 0.6) is 0 Å². The van der Waals surface area contributed by atoms with Crippen LogP contribution in [-0.4, -0.2) is 47.9 Å². The maximum absolute atomic E-state index is 12.2. The summed E-state index contributed by atoms with van der Waals surface area (Å²) in [4.78, 5) is 16.5. The highest BCUT2D eigenvalue weighted by Crippen LogP contribution is 2.26. The maximum atomic E-state index is 12.2. The van der Waals surface area contributed by atoms with E-state index in [1.807, 2.05) is 11.8 Å². The molecule has 2 atom stereocenters. The molecule has 1 aliphatic rings. The van der Waals surface area contributed by atoms with E-state index in [0.717, 1.165) is 13.1 Å². The van der Waals surface area contributed by atoms with Crippen LogP contribution >= 0.6 is 11.3 Å². The summed E-state index contributed by atoms with van der Waals surface area (Å²) in [5.74, 6) is 0.202. The van der Waals surface area contributed by atoms with Gasteiger partial charge < -0.3 is 9.80 Å². The van der Waals surface area contributed by atoms with Crippen LogP contribution in [0, 0.1) is 0 Å². The van der Waals surface area contributed by atoms with E-state index in [9.17, 15) is 4.79 Å². The van der Waals surface area contributed by atoms with E-state index in [1.165, 1.54) is 5.56 Å². The van der Waals surface area contributed by atoms with Crippen molar-refractivity contribution in [3.05, 3.63) is 22.4 Å². The normalized spacial score (nSPS) is 23.9. The summed E-state index contributed by atoms with van der Waals surface area (Å²) in [6.45, 7) is 7.95. The van der Waals surface area contributed by atoms with Gasteiger partial charge in [-0.3, -0.25) is 10.1 Å². The number of hydrogen-bond donors (Lipinski definition) is 1. The lowest BCUT2D eigenvalue weighted by Gasteiger charge is -2.28. The van der Waals surface area contributed by atoms with Gasteiger partial charge in [-0.2, -0.15) is 11.3 Å². The Balaban J connectivity index is 2.05. The molecule has 0 aliphatic carbocycles. The van der Waals surface area contributed by atoms with Crippen LogP contribution in [0.15, 0.2) is 16.8 Å². The van der Waals surface area contributed by atoms with Gasteiger partial charge in [0.25, 0.3) is 0 Å². The Labute approximate surface area is 119 Å². The highest BCUT2D eigenvalue weighted by molar-refractivity contribution is 7.07. The lowest BCUT2D eigenvalue weighted by atomic mass is 10.2. The monoisotopic (exact) mass is 281 g/mol. The molecule has 0 bridgehead atoms. The van der Waals surface area contributed by atoms with Crippen LogP contribution in [0.4, 0.5) is 0 Å². The molecular weight excluding hydrogens is 258 g/mol. The Morgan fingerprint density at radius 3 is 2.84 bits per heavy atom. The third-order valence-electron chi connectivity index (χ3n) is 3.81. The van der Waals surface area contributed by atoms with Crippen molar-refractivity contribution in [2.45, 2.75) is 39.0 Å². The molecule has 1 N–H and O–H groups in total. The Hall–Kier alpha value is -0.910. The first-order valence-electron chi connectivity index (χ1n) is 6.79. The van der Waals surface area contributed by atoms with E-state index in [4.69, 9.17) is 0 Å². The zero-order chi connectivity index (χ0) is 14.0. The van der Waals surface area contributed by atoms with E-state index >= 15 is 0 Å². The van der Waals surface area contributed by atoms with Crippen LogP contribution in [-0.2, 0) is 4.79 Å². The van der Waals surface area contributed by atoms with E-state index < -0.39 is 0 Å². The molecule has 4 nitrogen and oxygen atoms in total. The minimum absolute atomic E-state index is 0.0364. The Morgan fingerprint density at radius 1 is 1.53 bits per heavy atom. The highest BCUT2D eigenvalue weighted by atomic mass is 32.1. The fourth-order valence-electron chi connectivity index (χ4n) is 2.24. The molecule has 5 heteroatoms. The predicted molar refractivity (Wildman–Crippen MR) is 79.1 cm³/mol. The molecule has 0 aromatic carbocycles. The number of carbonyl (C=O) groups is 1. The zero-order valence-electron chi connectivity index (χ0n) is 12.1. The van der Waals surface area contributed by atoms with Crippen molar-refractivity contribution < 1.29 is 4.79 Å². The van der Waals surface area contributed by atoms with Crippen molar-refractivity contribution in [3.63, 3.8) is 0 Å². The third-order valence-corrected chi connectivity index (χ3v) is 4.51. The van der Waals surface area contributed by atoms with Gasteiger partial charge in [0.15, 0.2) is 0 Å². The minimum Gasteiger partial charge on any atom is -0.320 e. The summed E-state index contributed by atoms with van der Waals surface area (Å²) in [5, 5.41) is 7.55. The molecule has 1 amide bonds. The van der Waals surface area contributed by atoms with Gasteiger partial charge in [-0.1, -0.05) is 0 Å². The third kappa shape index (κ3) is 3.16. The van der Waals surface area contributed by atoms with Gasteiger partial charge in [0.1, 0.15) is 6.17 Å². The summed E-state index contributed by atoms with van der Waals surface area (Å²) in [6.07, 6.45) is 0.0364. The number of rotatable bonds is 5. The topological polar surface area (TPSA) is 35.6 Å². The van der Waals surface area contributed by atoms with Crippen molar-refractivity contribution in [2.24, 2.45) is 0 Å². The van der Waals surface area contributed by atoms with Crippen molar-refractivity contribution in [3.8, 4) is 0 Å². The second-order valence-electron chi connectivity index (χ2n) is 5.45. The molecule has 1 fully saturated rings. The molecule has 0 saturated carbocycles. The average Bonchev–Trinajstić information content (AvgIpc) is 2.97. The molecular formula is C14H23N3OS. The number of carbonyl (C=O) groups excluding carboxylic acids is 1. The highest BCUT2D eigenvalue weighted by Gasteiger charge is 2.36. The van der Waals surface area contributed by atoms with Crippen LogP contribution in [0.3, 0.4) is 0 Å². The summed E-state index contributed by atoms with van der Waals surface area (Å²) in [5.41, 5.74) is 1.19. The molecule has 1 aromatic heterocycles. The molecule has 106 valence electrons. The van der Waals surface area contributed by atoms with E-state index in [1.54, 1.807) is 11.3 Å². The van der Waals surface area contributed by atoms with Crippen LogP contribution in [0.1, 0.15) is 32.5 Å². The number of thiophene rings is 1. The molecule has 0 spiro atoms. The van der Waals surface area contributed by atoms with Crippen LogP contribution in [0.2, 0.25) is 0 Å². The molecule has 1 saturated heterocycles. The molecule has 1 aromatic rings. The first-order chi connectivity index (χ1) is 9.00. The van der Waals surface area contributed by atoms with E-state index in [-0.39, 0.29) is 18.1 Å². The second kappa shape index (κ2) is 6.03. The number of nitrogens with zero attached hydrogens (tertiary/aromatic N) is 2. The summed E-state index contributed by atoms with van der Waals surface area (Å²) in [7, 11) is 2.10. The smallest absolute Gasteiger partial charge is 0.241 e. The number of likely N-dealkylation sites (N-methyl/N-ethyl adjacent to an activating group) is 1. The summed E-state index contributed by atoms with van der Waals surface area (Å²) in [6, 6.07) is 2.50. The van der Waals surface area contributed by atoms with E-state index in [0.29, 0.717) is 6.04 Å². The standard InChI is InChI=1S/C14H23N3OS/c1-10(2)16(4)6-7-17-13(12-5-8-19-9-12)15-11(3)14(17)18/h5,8-11,13,15H,6-7H2,1-4H3. The van der Waals surface area contributed by atoms with Gasteiger partial charge in [0.2, 0.25) is 5.91 Å². The first kappa shape index (κ1) is 14.5. The average molecular weight is 281 g/mol. The van der Waals surface area contributed by atoms with Gasteiger partial charge in [-0.15, -0.1) is 0 Å². The summed E-state index contributed by atoms with van der Waals surface area (Å²) < 4.78 is 0. The van der Waals surface area contributed by atoms with Crippen LogP contribution < -0.4 is 5.32 Å². The Morgan fingerprint density at radius 2 is 2.26 bits per heavy atom. The van der Waals surface area contributed by atoms with Crippen molar-refractivity contribution in [2.75, 3.05) is 20.1 Å². The van der Waals surface area contributed by atoms with Gasteiger partial charge in [0, 0.05) is 19.1 Å². The van der Waals surface area contributed by atoms with Gasteiger partial charge >= 0.3 is 0 Å². The molecule has 1 aliphatic heterocycles. The molecule has 2 rings (SSSR count). The Bertz CT molecular complexity index is 418. The van der Waals surface area contributed by atoms with Gasteiger partial charge in [0.05, 0.1) is 6.04 Å². The lowest BCUT2D eigenvalue weighted by molar-refractivity contribution is -0.130. The largest absolute Gasteiger partial charge is 0.320 e. The molecule has 0 radical (unpaired) electrons. The quantitative estimate of drug-likeness (QED) is 0.895. The lowest BCUT2D eigenvalue weighted by Crippen LogP contribution is -2.39. The van der Waals surface area contributed by atoms with E-state index in [2.05, 4.69) is 47.9 Å². The maximum Gasteiger partial charge on any atom is 0.241 e. The number of hydrogen-bond acceptors (Lipinski definition) is 4. The fraction of sp³-hybridized carbons (Fsp3) is 0.643. The molecule has 19 heavy (non-hydrogen) atoms.